The topological polar surface area (TPSA) is 115 Å². The fraction of sp³-hybridized carbons (Fsp3) is 0. The number of rotatable bonds is 4. The summed E-state index contributed by atoms with van der Waals surface area (Å²) in [6, 6.07) is 21.7. The summed E-state index contributed by atoms with van der Waals surface area (Å²) in [5.74, 6) is -0.0607. The molecule has 0 unspecified atom stereocenters. The average molecular weight is 390 g/mol. The average Bonchev–Trinajstić information content (AvgIpc) is 3.03. The second-order valence-corrected chi connectivity index (χ2v) is 6.55. The first-order valence-corrected chi connectivity index (χ1v) is 9.08. The second-order valence-electron chi connectivity index (χ2n) is 6.55. The third-order valence-corrected chi connectivity index (χ3v) is 4.73. The van der Waals surface area contributed by atoms with E-state index in [1.165, 1.54) is 0 Å². The molecule has 0 N–H and O–H groups in total. The summed E-state index contributed by atoms with van der Waals surface area (Å²) in [6.45, 7) is 0. The van der Waals surface area contributed by atoms with Gasteiger partial charge in [0, 0.05) is 32.3 Å². The highest BCUT2D eigenvalue weighted by Gasteiger charge is 2.29. The summed E-state index contributed by atoms with van der Waals surface area (Å²) in [7, 11) is 0. The van der Waals surface area contributed by atoms with Crippen molar-refractivity contribution in [3.05, 3.63) is 116 Å². The Morgan fingerprint density at radius 3 is 1.40 bits per heavy atom. The molecule has 30 heavy (non-hydrogen) atoms. The molecule has 0 saturated heterocycles. The molecule has 0 heterocycles. The Kier molecular flexibility index (Phi) is 5.14. The van der Waals surface area contributed by atoms with Gasteiger partial charge in [0.1, 0.15) is 0 Å². The first-order valence-electron chi connectivity index (χ1n) is 9.08. The van der Waals surface area contributed by atoms with E-state index in [1.54, 1.807) is 24.3 Å². The molecular formula is C23H14N6O. The van der Waals surface area contributed by atoms with Crippen molar-refractivity contribution in [1.29, 1.82) is 0 Å². The first kappa shape index (κ1) is 18.8. The third-order valence-electron chi connectivity index (χ3n) is 4.73. The predicted molar refractivity (Wildman–Crippen MR) is 118 cm³/mol. The van der Waals surface area contributed by atoms with Crippen molar-refractivity contribution in [1.82, 2.24) is 0 Å². The maximum Gasteiger partial charge on any atom is 0.194 e. The number of allylic oxidation sites excluding steroid dienone is 2. The largest absolute Gasteiger partial charge is 0.289 e. The minimum absolute atomic E-state index is 0.0607. The quantitative estimate of drug-likeness (QED) is 0.199. The number of fused-ring (bicyclic) bond motifs is 1. The Hall–Kier alpha value is -4.57. The summed E-state index contributed by atoms with van der Waals surface area (Å²) in [6.07, 6.45) is 3.68. The summed E-state index contributed by atoms with van der Waals surface area (Å²) in [4.78, 5) is 18.8. The van der Waals surface area contributed by atoms with Crippen LogP contribution in [0.3, 0.4) is 0 Å². The molecule has 0 aliphatic heterocycles. The van der Waals surface area contributed by atoms with E-state index in [4.69, 9.17) is 11.1 Å². The van der Waals surface area contributed by atoms with Crippen LogP contribution in [0.4, 0.5) is 11.4 Å². The molecule has 0 atom stereocenters. The lowest BCUT2D eigenvalue weighted by atomic mass is 10.0. The van der Waals surface area contributed by atoms with Gasteiger partial charge < -0.3 is 0 Å². The van der Waals surface area contributed by atoms with E-state index >= 15 is 0 Å². The van der Waals surface area contributed by atoms with Gasteiger partial charge in [0.15, 0.2) is 5.78 Å². The smallest absolute Gasteiger partial charge is 0.194 e. The van der Waals surface area contributed by atoms with E-state index < -0.39 is 0 Å². The molecule has 0 bridgehead atoms. The zero-order valence-electron chi connectivity index (χ0n) is 15.7. The number of azide groups is 2. The fourth-order valence-corrected chi connectivity index (χ4v) is 3.34. The van der Waals surface area contributed by atoms with E-state index in [1.807, 2.05) is 60.7 Å². The molecule has 0 saturated carbocycles. The van der Waals surface area contributed by atoms with Crippen LogP contribution >= 0.6 is 0 Å². The molecule has 0 fully saturated rings. The second kappa shape index (κ2) is 8.20. The van der Waals surface area contributed by atoms with Gasteiger partial charge >= 0.3 is 0 Å². The molecule has 1 aliphatic rings. The number of carbonyl (C=O) groups excluding carboxylic acids is 1. The Morgan fingerprint density at radius 2 is 1.03 bits per heavy atom. The molecule has 0 aromatic heterocycles. The molecule has 142 valence electrons. The normalized spacial score (nSPS) is 14.9. The minimum atomic E-state index is -0.0607. The van der Waals surface area contributed by atoms with E-state index in [2.05, 4.69) is 20.1 Å². The van der Waals surface area contributed by atoms with Crippen LogP contribution in [0, 0.1) is 0 Å². The van der Waals surface area contributed by atoms with Crippen molar-refractivity contribution in [2.75, 3.05) is 0 Å². The maximum absolute atomic E-state index is 13.2. The fourth-order valence-electron chi connectivity index (χ4n) is 3.34. The molecule has 4 rings (SSSR count). The predicted octanol–water partition coefficient (Wildman–Crippen LogP) is 7.23. The van der Waals surface area contributed by atoms with Crippen LogP contribution in [0.15, 0.2) is 83.0 Å². The molecule has 3 aromatic rings. The van der Waals surface area contributed by atoms with Crippen LogP contribution in [-0.2, 0) is 4.79 Å². The molecule has 1 aliphatic carbocycles. The van der Waals surface area contributed by atoms with Crippen LogP contribution in [0.1, 0.15) is 22.3 Å². The number of nitrogens with zero attached hydrogens (tertiary/aromatic N) is 6. The van der Waals surface area contributed by atoms with Crippen molar-refractivity contribution < 1.29 is 4.79 Å². The molecule has 0 radical (unpaired) electrons. The molecule has 7 heteroatoms. The monoisotopic (exact) mass is 390 g/mol. The lowest BCUT2D eigenvalue weighted by Gasteiger charge is -2.00. The number of Topliss-reactive ketones (excluding diaryl/α,β-unsaturated/α-hetero) is 1. The summed E-state index contributed by atoms with van der Waals surface area (Å²) in [5.41, 5.74) is 22.7. The number of hydrogen-bond donors (Lipinski definition) is 0. The molecular weight excluding hydrogens is 376 g/mol. The van der Waals surface area contributed by atoms with Gasteiger partial charge in [-0.05, 0) is 45.5 Å². The number of hydrogen-bond acceptors (Lipinski definition) is 3. The molecule has 3 aromatic carbocycles. The highest BCUT2D eigenvalue weighted by molar-refractivity contribution is 6.51. The first-order chi connectivity index (χ1) is 14.7. The molecule has 0 spiro atoms. The zero-order valence-corrected chi connectivity index (χ0v) is 15.7. The van der Waals surface area contributed by atoms with Crippen molar-refractivity contribution in [2.24, 2.45) is 10.2 Å². The van der Waals surface area contributed by atoms with E-state index in [-0.39, 0.29) is 5.78 Å². The summed E-state index contributed by atoms with van der Waals surface area (Å²) in [5, 5.41) is 7.13. The van der Waals surface area contributed by atoms with Gasteiger partial charge in [-0.25, -0.2) is 0 Å². The molecule has 0 amide bonds. The lowest BCUT2D eigenvalue weighted by molar-refractivity contribution is -0.108. The van der Waals surface area contributed by atoms with Gasteiger partial charge in [-0.1, -0.05) is 83.0 Å². The maximum atomic E-state index is 13.2. The SMILES string of the molecule is [N-]=[N+]=Nc1ccc(/C=C2\C(=O)/C(=C/c3ccc(N=[N+]=[N-])cc3)c3ccccc32)cc1. The van der Waals surface area contributed by atoms with Gasteiger partial charge in [0.2, 0.25) is 0 Å². The standard InChI is InChI=1S/C23H14N6O/c24-28-26-17-9-5-15(6-10-17)13-21-19-3-1-2-4-20(19)22(23(21)30)14-16-7-11-18(12-8-16)27-29-25/h1-14H/b21-13-,22-14+. The Bertz CT molecular complexity index is 1190. The van der Waals surface area contributed by atoms with Crippen molar-refractivity contribution >= 4 is 40.5 Å². The van der Waals surface area contributed by atoms with Crippen LogP contribution in [0.25, 0.3) is 44.2 Å². The van der Waals surface area contributed by atoms with Gasteiger partial charge in [-0.3, -0.25) is 4.79 Å². The zero-order chi connectivity index (χ0) is 20.9. The van der Waals surface area contributed by atoms with E-state index in [0.717, 1.165) is 22.3 Å². The minimum Gasteiger partial charge on any atom is -0.289 e. The highest BCUT2D eigenvalue weighted by atomic mass is 16.1. The van der Waals surface area contributed by atoms with Crippen LogP contribution < -0.4 is 0 Å². The van der Waals surface area contributed by atoms with Crippen LogP contribution in [0.2, 0.25) is 0 Å². The third kappa shape index (κ3) is 3.70. The summed E-state index contributed by atoms with van der Waals surface area (Å²) >= 11 is 0. The lowest BCUT2D eigenvalue weighted by Crippen LogP contribution is -1.94. The Morgan fingerprint density at radius 1 is 0.633 bits per heavy atom. The van der Waals surface area contributed by atoms with E-state index in [0.29, 0.717) is 22.5 Å². The van der Waals surface area contributed by atoms with Crippen molar-refractivity contribution in [2.45, 2.75) is 0 Å². The van der Waals surface area contributed by atoms with Gasteiger partial charge in [-0.15, -0.1) is 0 Å². The van der Waals surface area contributed by atoms with Crippen LogP contribution in [-0.4, -0.2) is 5.78 Å². The van der Waals surface area contributed by atoms with Gasteiger partial charge in [-0.2, -0.15) is 0 Å². The summed E-state index contributed by atoms with van der Waals surface area (Å²) < 4.78 is 0. The van der Waals surface area contributed by atoms with Crippen LogP contribution in [0.5, 0.6) is 0 Å². The van der Waals surface area contributed by atoms with E-state index in [9.17, 15) is 4.79 Å². The Balaban J connectivity index is 1.75. The number of benzene rings is 3. The number of ketones is 1. The number of carbonyl (C=O) groups is 1. The van der Waals surface area contributed by atoms with Crippen molar-refractivity contribution in [3.63, 3.8) is 0 Å². The highest BCUT2D eigenvalue weighted by Crippen LogP contribution is 2.39. The Labute approximate surface area is 171 Å². The van der Waals surface area contributed by atoms with Crippen molar-refractivity contribution in [3.8, 4) is 0 Å². The van der Waals surface area contributed by atoms with Gasteiger partial charge in [0.05, 0.1) is 0 Å². The molecule has 7 nitrogen and oxygen atoms in total. The van der Waals surface area contributed by atoms with Gasteiger partial charge in [0.25, 0.3) is 0 Å².